The highest BCUT2D eigenvalue weighted by Crippen LogP contribution is 2.31. The lowest BCUT2D eigenvalue weighted by atomic mass is 10.2. The summed E-state index contributed by atoms with van der Waals surface area (Å²) in [4.78, 5) is 26.3. The minimum atomic E-state index is -0.373. The van der Waals surface area contributed by atoms with Gasteiger partial charge >= 0.3 is 5.97 Å². The number of rotatable bonds is 5. The number of carbonyl (C=O) groups is 2. The van der Waals surface area contributed by atoms with Crippen molar-refractivity contribution in [1.82, 2.24) is 0 Å². The second-order valence-corrected chi connectivity index (χ2v) is 6.28. The lowest BCUT2D eigenvalue weighted by Crippen LogP contribution is -2.28. The first-order valence-corrected chi connectivity index (χ1v) is 8.73. The summed E-state index contributed by atoms with van der Waals surface area (Å²) < 4.78 is 4.99. The Morgan fingerprint density at radius 1 is 1.15 bits per heavy atom. The van der Waals surface area contributed by atoms with Gasteiger partial charge in [-0.15, -0.1) is 0 Å². The van der Waals surface area contributed by atoms with Gasteiger partial charge in [-0.25, -0.2) is 0 Å². The summed E-state index contributed by atoms with van der Waals surface area (Å²) in [7, 11) is 0. The third kappa shape index (κ3) is 4.24. The van der Waals surface area contributed by atoms with E-state index in [0.717, 1.165) is 16.9 Å². The van der Waals surface area contributed by atoms with E-state index < -0.39 is 0 Å². The van der Waals surface area contributed by atoms with Crippen molar-refractivity contribution in [1.29, 1.82) is 0 Å². The number of carbonyl (C=O) groups excluding carboxylic acids is 2. The van der Waals surface area contributed by atoms with Crippen molar-refractivity contribution in [3.05, 3.63) is 70.9 Å². The van der Waals surface area contributed by atoms with Crippen molar-refractivity contribution >= 4 is 34.9 Å². The molecule has 0 atom stereocenters. The first-order chi connectivity index (χ1) is 12.6. The number of nitrogens with zero attached hydrogens (tertiary/aromatic N) is 1. The Morgan fingerprint density at radius 3 is 2.62 bits per heavy atom. The van der Waals surface area contributed by atoms with Crippen LogP contribution in [0.1, 0.15) is 18.9 Å². The molecule has 0 saturated heterocycles. The fourth-order valence-corrected chi connectivity index (χ4v) is 2.89. The van der Waals surface area contributed by atoms with Gasteiger partial charge in [-0.2, -0.15) is 0 Å². The minimum Gasteiger partial charge on any atom is -0.466 e. The quantitative estimate of drug-likeness (QED) is 0.804. The molecule has 0 aliphatic carbocycles. The summed E-state index contributed by atoms with van der Waals surface area (Å²) in [5, 5.41) is 3.83. The van der Waals surface area contributed by atoms with Crippen LogP contribution < -0.4 is 10.2 Å². The van der Waals surface area contributed by atoms with Crippen LogP contribution in [0.4, 0.5) is 11.4 Å². The average molecular weight is 371 g/mol. The molecule has 134 valence electrons. The van der Waals surface area contributed by atoms with E-state index in [0.29, 0.717) is 23.9 Å². The third-order valence-corrected chi connectivity index (χ3v) is 4.20. The number of nitrogens with one attached hydrogen (secondary N) is 1. The van der Waals surface area contributed by atoms with Gasteiger partial charge in [0.05, 0.1) is 30.9 Å². The van der Waals surface area contributed by atoms with Gasteiger partial charge in [-0.3, -0.25) is 9.59 Å². The Kier molecular flexibility index (Phi) is 5.58. The van der Waals surface area contributed by atoms with Crippen LogP contribution in [0, 0.1) is 0 Å². The number of esters is 1. The van der Waals surface area contributed by atoms with Crippen LogP contribution in [0.5, 0.6) is 0 Å². The maximum absolute atomic E-state index is 12.8. The number of hydrogen-bond acceptors (Lipinski definition) is 4. The minimum absolute atomic E-state index is 0.0166. The van der Waals surface area contributed by atoms with Crippen LogP contribution in [-0.4, -0.2) is 18.5 Å². The number of anilines is 2. The molecule has 6 heteroatoms. The summed E-state index contributed by atoms with van der Waals surface area (Å²) in [5.41, 5.74) is 2.99. The first kappa shape index (κ1) is 18.0. The Balaban J connectivity index is 1.91. The maximum atomic E-state index is 12.8. The lowest BCUT2D eigenvalue weighted by Gasteiger charge is -2.22. The van der Waals surface area contributed by atoms with E-state index in [2.05, 4.69) is 5.32 Å². The Morgan fingerprint density at radius 2 is 1.88 bits per heavy atom. The van der Waals surface area contributed by atoms with E-state index in [9.17, 15) is 9.59 Å². The molecule has 0 saturated carbocycles. The van der Waals surface area contributed by atoms with Gasteiger partial charge in [-0.05, 0) is 36.8 Å². The molecule has 3 rings (SSSR count). The normalized spacial score (nSPS) is 13.4. The second-order valence-electron chi connectivity index (χ2n) is 5.84. The average Bonchev–Trinajstić information content (AvgIpc) is 2.74. The molecule has 1 aliphatic heterocycles. The van der Waals surface area contributed by atoms with Crippen LogP contribution in [0.2, 0.25) is 5.02 Å². The zero-order valence-electron chi connectivity index (χ0n) is 14.4. The number of amides is 1. The Bertz CT molecular complexity index is 846. The van der Waals surface area contributed by atoms with Gasteiger partial charge in [0.2, 0.25) is 0 Å². The molecule has 26 heavy (non-hydrogen) atoms. The highest BCUT2D eigenvalue weighted by atomic mass is 35.5. The molecule has 0 spiro atoms. The fourth-order valence-electron chi connectivity index (χ4n) is 2.77. The molecule has 0 bridgehead atoms. The number of ether oxygens (including phenoxy) is 1. The van der Waals surface area contributed by atoms with E-state index in [1.165, 1.54) is 6.08 Å². The fraction of sp³-hybridized carbons (Fsp3) is 0.200. The van der Waals surface area contributed by atoms with Crippen LogP contribution in [0.3, 0.4) is 0 Å². The number of fused-ring (bicyclic) bond motifs is 1. The molecule has 0 aromatic heterocycles. The van der Waals surface area contributed by atoms with Gasteiger partial charge in [0, 0.05) is 16.8 Å². The van der Waals surface area contributed by atoms with Crippen LogP contribution >= 0.6 is 11.6 Å². The number of para-hydroxylation sites is 2. The molecule has 1 amide bonds. The Hall–Kier alpha value is -2.79. The van der Waals surface area contributed by atoms with Crippen LogP contribution in [-0.2, 0) is 20.9 Å². The monoisotopic (exact) mass is 370 g/mol. The molecule has 0 fully saturated rings. The van der Waals surface area contributed by atoms with E-state index >= 15 is 0 Å². The number of hydrogen-bond donors (Lipinski definition) is 1. The van der Waals surface area contributed by atoms with Gasteiger partial charge in [0.1, 0.15) is 0 Å². The summed E-state index contributed by atoms with van der Waals surface area (Å²) in [5.74, 6) is -0.570. The van der Waals surface area contributed by atoms with Crippen molar-refractivity contribution in [2.45, 2.75) is 19.9 Å². The number of benzene rings is 2. The molecule has 2 aromatic rings. The molecule has 0 unspecified atom stereocenters. The van der Waals surface area contributed by atoms with Gasteiger partial charge < -0.3 is 15.0 Å². The smallest absolute Gasteiger partial charge is 0.311 e. The largest absolute Gasteiger partial charge is 0.466 e. The van der Waals surface area contributed by atoms with E-state index in [1.807, 2.05) is 36.4 Å². The molecule has 1 heterocycles. The van der Waals surface area contributed by atoms with Gasteiger partial charge in [-0.1, -0.05) is 35.9 Å². The zero-order valence-corrected chi connectivity index (χ0v) is 15.1. The predicted octanol–water partition coefficient (Wildman–Crippen LogP) is 4.14. The highest BCUT2D eigenvalue weighted by Gasteiger charge is 2.23. The van der Waals surface area contributed by atoms with Crippen molar-refractivity contribution in [2.75, 3.05) is 16.8 Å². The third-order valence-electron chi connectivity index (χ3n) is 3.95. The zero-order chi connectivity index (χ0) is 18.5. The standard InChI is InChI=1S/C20H19ClN2O3/c1-2-26-20(25)12-16-11-19(24)23(13-14-7-9-15(21)10-8-14)18-6-4-3-5-17(18)22-16/h3-11,22H,2,12-13H2,1H3. The van der Waals surface area contributed by atoms with Crippen molar-refractivity contribution < 1.29 is 14.3 Å². The summed E-state index contributed by atoms with van der Waals surface area (Å²) in [6.07, 6.45) is 1.47. The first-order valence-electron chi connectivity index (χ1n) is 8.35. The van der Waals surface area contributed by atoms with E-state index in [-0.39, 0.29) is 18.3 Å². The topological polar surface area (TPSA) is 58.6 Å². The van der Waals surface area contributed by atoms with Crippen molar-refractivity contribution in [3.63, 3.8) is 0 Å². The van der Waals surface area contributed by atoms with Crippen molar-refractivity contribution in [2.24, 2.45) is 0 Å². The van der Waals surface area contributed by atoms with Crippen molar-refractivity contribution in [3.8, 4) is 0 Å². The maximum Gasteiger partial charge on any atom is 0.311 e. The molecule has 1 aliphatic rings. The summed E-state index contributed by atoms with van der Waals surface area (Å²) in [6.45, 7) is 2.46. The number of halogens is 1. The molecular weight excluding hydrogens is 352 g/mol. The second kappa shape index (κ2) is 8.06. The van der Waals surface area contributed by atoms with E-state index in [1.54, 1.807) is 24.0 Å². The molecular formula is C20H19ClN2O3. The SMILES string of the molecule is CCOC(=O)CC1=CC(=O)N(Cc2ccc(Cl)cc2)c2ccccc2N1. The van der Waals surface area contributed by atoms with Gasteiger partial charge in [0.15, 0.2) is 0 Å². The molecule has 0 radical (unpaired) electrons. The molecule has 2 aromatic carbocycles. The Labute approximate surface area is 157 Å². The van der Waals surface area contributed by atoms with Crippen LogP contribution in [0.25, 0.3) is 0 Å². The van der Waals surface area contributed by atoms with Crippen LogP contribution in [0.15, 0.2) is 60.3 Å². The lowest BCUT2D eigenvalue weighted by molar-refractivity contribution is -0.142. The summed E-state index contributed by atoms with van der Waals surface area (Å²) >= 11 is 5.94. The highest BCUT2D eigenvalue weighted by molar-refractivity contribution is 6.30. The summed E-state index contributed by atoms with van der Waals surface area (Å²) in [6, 6.07) is 14.9. The van der Waals surface area contributed by atoms with Gasteiger partial charge in [0.25, 0.3) is 5.91 Å². The predicted molar refractivity (Wildman–Crippen MR) is 102 cm³/mol. The molecule has 5 nitrogen and oxygen atoms in total. The molecule has 1 N–H and O–H groups in total. The van der Waals surface area contributed by atoms with E-state index in [4.69, 9.17) is 16.3 Å².